The Morgan fingerprint density at radius 1 is 0.500 bits per heavy atom. The molecule has 1 radical (unpaired) electrons. The molecule has 0 nitrogen and oxygen atoms in total. The van der Waals surface area contributed by atoms with E-state index in [1.54, 1.807) is 0 Å². The molecule has 0 aromatic carbocycles. The molecule has 0 aliphatic heterocycles. The molecule has 0 aliphatic rings. The van der Waals surface area contributed by atoms with E-state index in [-0.39, 0.29) is 29.6 Å². The zero-order valence-corrected chi connectivity index (χ0v) is 16.1. The molecule has 0 atom stereocenters. The Morgan fingerprint density at radius 2 is 0.833 bits per heavy atom. The van der Waals surface area contributed by atoms with Crippen LogP contribution >= 0.6 is 11.8 Å². The van der Waals surface area contributed by atoms with Gasteiger partial charge < -0.3 is 0 Å². The Bertz CT molecular complexity index is 114. The van der Waals surface area contributed by atoms with Crippen LogP contribution in [-0.2, 0) is 0 Å². The molecule has 2 heteroatoms. The Hall–Kier alpha value is 1.35. The summed E-state index contributed by atoms with van der Waals surface area (Å²) in [6.45, 7) is 4.58. The van der Waals surface area contributed by atoms with Crippen LogP contribution in [0.3, 0.4) is 0 Å². The second kappa shape index (κ2) is 20.7. The van der Waals surface area contributed by atoms with Crippen molar-refractivity contribution in [3.8, 4) is 0 Å². The normalized spacial score (nSPS) is 10.3. The topological polar surface area (TPSA) is 0 Å². The van der Waals surface area contributed by atoms with Crippen molar-refractivity contribution in [2.24, 2.45) is 0 Å². The maximum atomic E-state index is 2.29. The predicted molar refractivity (Wildman–Crippen MR) is 89.8 cm³/mol. The molecule has 18 heavy (non-hydrogen) atoms. The van der Waals surface area contributed by atoms with E-state index < -0.39 is 0 Å². The minimum absolute atomic E-state index is 0. The Labute approximate surface area is 143 Å². The Morgan fingerprint density at radius 3 is 1.22 bits per heavy atom. The first-order valence-corrected chi connectivity index (χ1v) is 9.15. The van der Waals surface area contributed by atoms with E-state index in [1.807, 2.05) is 0 Å². The van der Waals surface area contributed by atoms with E-state index in [0.717, 1.165) is 0 Å². The van der Waals surface area contributed by atoms with Gasteiger partial charge in [0.05, 0.1) is 0 Å². The summed E-state index contributed by atoms with van der Waals surface area (Å²) in [4.78, 5) is 0. The van der Waals surface area contributed by atoms with Gasteiger partial charge in [-0.15, -0.1) is 0 Å². The maximum Gasteiger partial charge on any atom is 0 e. The first-order chi connectivity index (χ1) is 8.41. The molecule has 0 fully saturated rings. The predicted octanol–water partition coefficient (Wildman–Crippen LogP) is 6.06. The molecule has 0 saturated carbocycles. The average Bonchev–Trinajstić information content (AvgIpc) is 2.35. The fourth-order valence-electron chi connectivity index (χ4n) is 2.07. The molecule has 0 N–H and O–H groups in total. The van der Waals surface area contributed by atoms with Crippen LogP contribution in [0.4, 0.5) is 0 Å². The van der Waals surface area contributed by atoms with Crippen molar-refractivity contribution < 1.29 is 0 Å². The molecule has 0 aliphatic carbocycles. The van der Waals surface area contributed by atoms with E-state index in [4.69, 9.17) is 0 Å². The first-order valence-electron chi connectivity index (χ1n) is 7.99. The smallest absolute Gasteiger partial charge is 0 e. The fraction of sp³-hybridized carbons (Fsp3) is 1.00. The number of unbranched alkanes of at least 4 members (excludes halogenated alkanes) is 10. The first kappa shape index (κ1) is 21.6. The third-order valence-electron chi connectivity index (χ3n) is 3.28. The van der Waals surface area contributed by atoms with Crippen LogP contribution in [0, 0.1) is 0 Å². The zero-order chi connectivity index (χ0) is 12.6. The van der Waals surface area contributed by atoms with Crippen molar-refractivity contribution in [3.63, 3.8) is 0 Å². The van der Waals surface area contributed by atoms with Gasteiger partial charge in [-0.05, 0) is 24.3 Å². The van der Waals surface area contributed by atoms with Crippen LogP contribution in [-0.4, -0.2) is 41.1 Å². The quantitative estimate of drug-likeness (QED) is 0.275. The van der Waals surface area contributed by atoms with Gasteiger partial charge in [-0.3, -0.25) is 0 Å². The van der Waals surface area contributed by atoms with E-state index >= 15 is 0 Å². The monoisotopic (exact) mass is 281 g/mol. The fourth-order valence-corrected chi connectivity index (χ4v) is 3.09. The molecule has 0 aromatic heterocycles. The van der Waals surface area contributed by atoms with Crippen molar-refractivity contribution in [2.75, 3.05) is 11.5 Å². The SMILES string of the molecule is CCCCCCCCSCCCCCCCC.[Na]. The molecule has 0 aromatic rings. The molecular weight excluding hydrogens is 247 g/mol. The van der Waals surface area contributed by atoms with Gasteiger partial charge in [-0.2, -0.15) is 11.8 Å². The van der Waals surface area contributed by atoms with E-state index in [0.29, 0.717) is 0 Å². The van der Waals surface area contributed by atoms with Gasteiger partial charge in [0, 0.05) is 29.6 Å². The number of hydrogen-bond acceptors (Lipinski definition) is 1. The van der Waals surface area contributed by atoms with Gasteiger partial charge >= 0.3 is 0 Å². The van der Waals surface area contributed by atoms with Crippen molar-refractivity contribution in [1.82, 2.24) is 0 Å². The Balaban J connectivity index is 0. The summed E-state index contributed by atoms with van der Waals surface area (Å²) in [5.74, 6) is 2.81. The minimum atomic E-state index is 0. The van der Waals surface area contributed by atoms with Crippen LogP contribution < -0.4 is 0 Å². The zero-order valence-electron chi connectivity index (χ0n) is 13.3. The largest absolute Gasteiger partial charge is 0.162 e. The Kier molecular flexibility index (Phi) is 24.8. The number of rotatable bonds is 14. The molecule has 0 unspecified atom stereocenters. The van der Waals surface area contributed by atoms with Gasteiger partial charge in [0.15, 0.2) is 0 Å². The van der Waals surface area contributed by atoms with Crippen molar-refractivity contribution in [3.05, 3.63) is 0 Å². The molecule has 105 valence electrons. The third-order valence-corrected chi connectivity index (χ3v) is 4.44. The molecule has 0 saturated heterocycles. The van der Waals surface area contributed by atoms with Gasteiger partial charge in [-0.25, -0.2) is 0 Å². The molecule has 0 heterocycles. The van der Waals surface area contributed by atoms with Crippen LogP contribution in [0.1, 0.15) is 90.9 Å². The van der Waals surface area contributed by atoms with Crippen molar-refractivity contribution in [1.29, 1.82) is 0 Å². The van der Waals surface area contributed by atoms with Gasteiger partial charge in [0.1, 0.15) is 0 Å². The van der Waals surface area contributed by atoms with Crippen molar-refractivity contribution >= 4 is 41.3 Å². The molecule has 0 spiro atoms. The summed E-state index contributed by atoms with van der Waals surface area (Å²) in [7, 11) is 0. The van der Waals surface area contributed by atoms with Crippen LogP contribution in [0.25, 0.3) is 0 Å². The van der Waals surface area contributed by atoms with Gasteiger partial charge in [-0.1, -0.05) is 78.1 Å². The number of hydrogen-bond donors (Lipinski definition) is 0. The summed E-state index contributed by atoms with van der Waals surface area (Å²) in [5, 5.41) is 0. The third kappa shape index (κ3) is 19.7. The second-order valence-electron chi connectivity index (χ2n) is 5.15. The van der Waals surface area contributed by atoms with Crippen LogP contribution in [0.15, 0.2) is 0 Å². The minimum Gasteiger partial charge on any atom is -0.162 e. The summed E-state index contributed by atoms with van der Waals surface area (Å²) >= 11 is 2.18. The van der Waals surface area contributed by atoms with Gasteiger partial charge in [0.2, 0.25) is 0 Å². The summed E-state index contributed by atoms with van der Waals surface area (Å²) in [6, 6.07) is 0. The van der Waals surface area contributed by atoms with Crippen LogP contribution in [0.2, 0.25) is 0 Å². The second-order valence-corrected chi connectivity index (χ2v) is 6.37. The van der Waals surface area contributed by atoms with Crippen molar-refractivity contribution in [2.45, 2.75) is 90.9 Å². The summed E-state index contributed by atoms with van der Waals surface area (Å²) in [5.41, 5.74) is 0. The van der Waals surface area contributed by atoms with Crippen LogP contribution in [0.5, 0.6) is 0 Å². The average molecular weight is 282 g/mol. The molecule has 0 rings (SSSR count). The number of thioether (sulfide) groups is 1. The summed E-state index contributed by atoms with van der Waals surface area (Å²) in [6.07, 6.45) is 17.3. The molecular formula is C16H34NaS. The molecule has 0 bridgehead atoms. The standard InChI is InChI=1S/C16H34S.Na/c1-3-5-7-9-11-13-15-17-16-14-12-10-8-6-4-2;/h3-16H2,1-2H3;. The van der Waals surface area contributed by atoms with Gasteiger partial charge in [0.25, 0.3) is 0 Å². The maximum absolute atomic E-state index is 2.29. The van der Waals surface area contributed by atoms with E-state index in [9.17, 15) is 0 Å². The summed E-state index contributed by atoms with van der Waals surface area (Å²) < 4.78 is 0. The van der Waals surface area contributed by atoms with E-state index in [2.05, 4.69) is 25.6 Å². The van der Waals surface area contributed by atoms with E-state index in [1.165, 1.54) is 88.6 Å². The molecule has 0 amide bonds.